The van der Waals surface area contributed by atoms with Crippen LogP contribution in [-0.4, -0.2) is 12.2 Å². The molecule has 0 unspecified atom stereocenters. The van der Waals surface area contributed by atoms with E-state index >= 15 is 0 Å². The van der Waals surface area contributed by atoms with Crippen molar-refractivity contribution in [3.8, 4) is 0 Å². The Morgan fingerprint density at radius 1 is 1.43 bits per heavy atom. The van der Waals surface area contributed by atoms with Crippen LogP contribution in [-0.2, 0) is 4.74 Å². The first-order valence-electron chi connectivity index (χ1n) is 2.87. The molecule has 0 aromatic rings. The van der Waals surface area contributed by atoms with Gasteiger partial charge in [-0.15, -0.1) is 0 Å². The molecule has 2 aliphatic rings. The summed E-state index contributed by atoms with van der Waals surface area (Å²) in [6, 6.07) is 0. The fraction of sp³-hybridized carbons (Fsp3) is 0.833. The van der Waals surface area contributed by atoms with E-state index < -0.39 is 0 Å². The van der Waals surface area contributed by atoms with Gasteiger partial charge >= 0.3 is 0 Å². The van der Waals surface area contributed by atoms with Crippen LogP contribution in [0.3, 0.4) is 0 Å². The maximum atomic E-state index is 5.40. The standard InChI is InChI=1S/C6H9O/c1-2-6(3-4-6)7-5-1/h1H,2-5H2. The lowest BCUT2D eigenvalue weighted by Gasteiger charge is -2.00. The second-order valence-electron chi connectivity index (χ2n) is 2.49. The van der Waals surface area contributed by atoms with Gasteiger partial charge in [0, 0.05) is 0 Å². The molecular weight excluding hydrogens is 88.1 g/mol. The second-order valence-corrected chi connectivity index (χ2v) is 2.49. The molecule has 7 heavy (non-hydrogen) atoms. The maximum Gasteiger partial charge on any atom is 0.0688 e. The summed E-state index contributed by atoms with van der Waals surface area (Å²) in [6.45, 7) is 0.903. The summed E-state index contributed by atoms with van der Waals surface area (Å²) in [5, 5.41) is 0. The molecule has 2 rings (SSSR count). The molecule has 1 aliphatic carbocycles. The number of hydrogen-bond donors (Lipinski definition) is 0. The second kappa shape index (κ2) is 1.03. The molecular formula is C6H9O. The Morgan fingerprint density at radius 3 is 2.57 bits per heavy atom. The number of hydrogen-bond acceptors (Lipinski definition) is 1. The third-order valence-corrected chi connectivity index (χ3v) is 1.83. The summed E-state index contributed by atoms with van der Waals surface area (Å²) >= 11 is 0. The predicted molar refractivity (Wildman–Crippen MR) is 26.8 cm³/mol. The predicted octanol–water partition coefficient (Wildman–Crippen LogP) is 1.14. The molecule has 0 aromatic heterocycles. The monoisotopic (exact) mass is 97.1 g/mol. The van der Waals surface area contributed by atoms with Crippen molar-refractivity contribution in [1.29, 1.82) is 0 Å². The van der Waals surface area contributed by atoms with Gasteiger partial charge in [0.1, 0.15) is 0 Å². The van der Waals surface area contributed by atoms with Gasteiger partial charge in [-0.05, 0) is 25.7 Å². The van der Waals surface area contributed by atoms with Gasteiger partial charge in [-0.2, -0.15) is 0 Å². The molecule has 1 heteroatoms. The molecule has 2 fully saturated rings. The number of ether oxygens (including phenoxy) is 1. The first-order valence-corrected chi connectivity index (χ1v) is 2.87. The van der Waals surface area contributed by atoms with Crippen LogP contribution in [0.1, 0.15) is 19.3 Å². The molecule has 0 bridgehead atoms. The minimum Gasteiger partial charge on any atom is -0.375 e. The highest BCUT2D eigenvalue weighted by molar-refractivity contribution is 5.03. The fourth-order valence-corrected chi connectivity index (χ4v) is 1.10. The molecule has 1 radical (unpaired) electrons. The van der Waals surface area contributed by atoms with Crippen LogP contribution in [0.15, 0.2) is 0 Å². The lowest BCUT2D eigenvalue weighted by atomic mass is 10.2. The van der Waals surface area contributed by atoms with Crippen LogP contribution in [0, 0.1) is 6.42 Å². The first kappa shape index (κ1) is 3.90. The zero-order valence-electron chi connectivity index (χ0n) is 4.31. The molecule has 1 spiro atoms. The van der Waals surface area contributed by atoms with Gasteiger partial charge in [0.2, 0.25) is 0 Å². The van der Waals surface area contributed by atoms with Crippen molar-refractivity contribution in [2.75, 3.05) is 6.61 Å². The zero-order chi connectivity index (χ0) is 4.74. The van der Waals surface area contributed by atoms with Crippen molar-refractivity contribution in [2.24, 2.45) is 0 Å². The first-order chi connectivity index (χ1) is 3.41. The summed E-state index contributed by atoms with van der Waals surface area (Å²) in [6.07, 6.45) is 6.06. The van der Waals surface area contributed by atoms with Gasteiger partial charge in [0.05, 0.1) is 12.2 Å². The van der Waals surface area contributed by atoms with E-state index in [1.54, 1.807) is 0 Å². The van der Waals surface area contributed by atoms with Gasteiger partial charge in [-0.1, -0.05) is 0 Å². The van der Waals surface area contributed by atoms with E-state index in [-0.39, 0.29) is 0 Å². The molecule has 0 atom stereocenters. The highest BCUT2D eigenvalue weighted by Crippen LogP contribution is 2.46. The normalized spacial score (nSPS) is 34.3. The molecule has 1 nitrogen and oxygen atoms in total. The van der Waals surface area contributed by atoms with E-state index in [0.29, 0.717) is 5.60 Å². The molecule has 1 heterocycles. The topological polar surface area (TPSA) is 9.23 Å². The zero-order valence-corrected chi connectivity index (χ0v) is 4.31. The minimum atomic E-state index is 0.389. The van der Waals surface area contributed by atoms with E-state index in [2.05, 4.69) is 6.42 Å². The van der Waals surface area contributed by atoms with Crippen LogP contribution in [0.4, 0.5) is 0 Å². The van der Waals surface area contributed by atoms with E-state index in [4.69, 9.17) is 4.74 Å². The van der Waals surface area contributed by atoms with Crippen LogP contribution in [0.2, 0.25) is 0 Å². The summed E-state index contributed by atoms with van der Waals surface area (Å²) in [4.78, 5) is 0. The van der Waals surface area contributed by atoms with Crippen LogP contribution >= 0.6 is 0 Å². The van der Waals surface area contributed by atoms with Crippen molar-refractivity contribution >= 4 is 0 Å². The molecule has 0 amide bonds. The third kappa shape index (κ3) is 0.480. The van der Waals surface area contributed by atoms with Gasteiger partial charge in [-0.25, -0.2) is 0 Å². The van der Waals surface area contributed by atoms with Crippen LogP contribution in [0.5, 0.6) is 0 Å². The Labute approximate surface area is 43.7 Å². The SMILES string of the molecule is [CH]1COC2(C1)CC2. The van der Waals surface area contributed by atoms with E-state index in [1.165, 1.54) is 19.3 Å². The van der Waals surface area contributed by atoms with E-state index in [9.17, 15) is 0 Å². The average molecular weight is 97.1 g/mol. The van der Waals surface area contributed by atoms with Crippen LogP contribution in [0.25, 0.3) is 0 Å². The minimum absolute atomic E-state index is 0.389. The summed E-state index contributed by atoms with van der Waals surface area (Å²) in [5.74, 6) is 0. The van der Waals surface area contributed by atoms with Gasteiger partial charge in [0.25, 0.3) is 0 Å². The summed E-state index contributed by atoms with van der Waals surface area (Å²) < 4.78 is 5.40. The Morgan fingerprint density at radius 2 is 2.29 bits per heavy atom. The van der Waals surface area contributed by atoms with Crippen molar-refractivity contribution in [2.45, 2.75) is 24.9 Å². The highest BCUT2D eigenvalue weighted by atomic mass is 16.5. The van der Waals surface area contributed by atoms with Gasteiger partial charge in [0.15, 0.2) is 0 Å². The average Bonchev–Trinajstić information content (AvgIpc) is 2.15. The molecule has 1 saturated carbocycles. The smallest absolute Gasteiger partial charge is 0.0688 e. The lowest BCUT2D eigenvalue weighted by molar-refractivity contribution is 0.0929. The van der Waals surface area contributed by atoms with E-state index in [0.717, 1.165) is 6.61 Å². The third-order valence-electron chi connectivity index (χ3n) is 1.83. The molecule has 1 saturated heterocycles. The molecule has 0 N–H and O–H groups in total. The highest BCUT2D eigenvalue weighted by Gasteiger charge is 2.46. The Hall–Kier alpha value is -0.0400. The Balaban J connectivity index is 2.07. The quantitative estimate of drug-likeness (QED) is 0.440. The van der Waals surface area contributed by atoms with E-state index in [1.807, 2.05) is 0 Å². The van der Waals surface area contributed by atoms with Crippen molar-refractivity contribution in [3.05, 3.63) is 6.42 Å². The summed E-state index contributed by atoms with van der Waals surface area (Å²) in [7, 11) is 0. The Kier molecular flexibility index (Phi) is 0.571. The van der Waals surface area contributed by atoms with Crippen molar-refractivity contribution in [1.82, 2.24) is 0 Å². The largest absolute Gasteiger partial charge is 0.375 e. The van der Waals surface area contributed by atoms with Crippen LogP contribution < -0.4 is 0 Å². The summed E-state index contributed by atoms with van der Waals surface area (Å²) in [5.41, 5.74) is 0.389. The molecule has 39 valence electrons. The fourth-order valence-electron chi connectivity index (χ4n) is 1.10. The Bertz CT molecular complexity index is 76.2. The van der Waals surface area contributed by atoms with Crippen molar-refractivity contribution in [3.63, 3.8) is 0 Å². The lowest BCUT2D eigenvalue weighted by Crippen LogP contribution is -2.02. The van der Waals surface area contributed by atoms with Gasteiger partial charge < -0.3 is 4.74 Å². The number of rotatable bonds is 0. The maximum absolute atomic E-state index is 5.40. The molecule has 0 aromatic carbocycles. The molecule has 1 aliphatic heterocycles. The van der Waals surface area contributed by atoms with Crippen molar-refractivity contribution < 1.29 is 4.74 Å². The van der Waals surface area contributed by atoms with Gasteiger partial charge in [-0.3, -0.25) is 0 Å².